The summed E-state index contributed by atoms with van der Waals surface area (Å²) in [5.41, 5.74) is 18.2. The van der Waals surface area contributed by atoms with Crippen LogP contribution in [-0.4, -0.2) is 18.1 Å². The van der Waals surface area contributed by atoms with Gasteiger partial charge in [0.05, 0.1) is 0 Å². The summed E-state index contributed by atoms with van der Waals surface area (Å²) in [5, 5.41) is 6.65. The van der Waals surface area contributed by atoms with Gasteiger partial charge in [-0.25, -0.2) is 0 Å². The monoisotopic (exact) mass is 1730 g/mol. The van der Waals surface area contributed by atoms with Crippen LogP contribution in [0.1, 0.15) is 624 Å². The Morgan fingerprint density at radius 3 is 0.415 bits per heavy atom. The van der Waals surface area contributed by atoms with E-state index in [-0.39, 0.29) is 65.0 Å². The highest BCUT2D eigenvalue weighted by molar-refractivity contribution is 6.92. The van der Waals surface area contributed by atoms with Crippen LogP contribution >= 0.6 is 0 Å². The molecule has 0 N–H and O–H groups in total. The van der Waals surface area contributed by atoms with E-state index in [1.54, 1.807) is 87.5 Å². The summed E-state index contributed by atoms with van der Waals surface area (Å²) in [5.74, 6) is 0. The molecule has 0 aliphatic rings. The zero-order valence-corrected chi connectivity index (χ0v) is 92.4. The van der Waals surface area contributed by atoms with E-state index in [1.807, 2.05) is 0 Å². The van der Waals surface area contributed by atoms with Gasteiger partial charge in [-0.05, 0) is 230 Å². The molecule has 4 rings (SSSR count). The lowest BCUT2D eigenvalue weighted by Crippen LogP contribution is -2.62. The van der Waals surface area contributed by atoms with E-state index in [2.05, 4.69) is 298 Å². The fraction of sp³-hybridized carbons (Fsp3) is 0.800. The van der Waals surface area contributed by atoms with Gasteiger partial charge in [0, 0.05) is 0 Å². The molecule has 0 amide bonds. The predicted octanol–water partition coefficient (Wildman–Crippen LogP) is 36.4. The second kappa shape index (κ2) is 51.3. The Hall–Kier alpha value is -2.73. The second-order valence-corrected chi connectivity index (χ2v) is 54.0. The molecular weight excluding hydrogens is 1510 g/mol. The smallest absolute Gasteiger partial charge is 0.229 e. The molecule has 708 valence electrons. The van der Waals surface area contributed by atoms with E-state index >= 15 is 0 Å². The van der Waals surface area contributed by atoms with E-state index in [9.17, 15) is 4.12 Å². The third kappa shape index (κ3) is 32.3. The van der Waals surface area contributed by atoms with Crippen LogP contribution in [0, 0.1) is 0 Å². The molecule has 0 aromatic heterocycles. The van der Waals surface area contributed by atoms with Gasteiger partial charge in [0.1, 0.15) is 0 Å². The Morgan fingerprint density at radius 2 is 0.285 bits per heavy atom. The van der Waals surface area contributed by atoms with E-state index in [4.69, 9.17) is 0 Å². The molecule has 0 aliphatic carbocycles. The van der Waals surface area contributed by atoms with Crippen molar-refractivity contribution in [1.29, 1.82) is 0 Å². The summed E-state index contributed by atoms with van der Waals surface area (Å²) in [4.78, 5) is 0. The maximum absolute atomic E-state index is 10.6. The van der Waals surface area contributed by atoms with E-state index in [0.29, 0.717) is 0 Å². The molecule has 0 spiro atoms. The van der Waals surface area contributed by atoms with Crippen LogP contribution in [0.5, 0.6) is 0 Å². The lowest BCUT2D eigenvalue weighted by molar-refractivity contribution is 0.405. The summed E-state index contributed by atoms with van der Waals surface area (Å²) in [7, 11) is -6.41. The maximum Gasteiger partial charge on any atom is 0.229 e. The predicted molar refractivity (Wildman–Crippen MR) is 566 cm³/mol. The fourth-order valence-corrected chi connectivity index (χ4v) is 31.1. The van der Waals surface area contributed by atoms with Crippen LogP contribution in [0.25, 0.3) is 0 Å². The van der Waals surface area contributed by atoms with Crippen molar-refractivity contribution in [2.45, 2.75) is 622 Å². The Morgan fingerprint density at radius 1 is 0.163 bits per heavy atom. The van der Waals surface area contributed by atoms with Gasteiger partial charge in [-0.15, -0.1) is 0 Å². The SMILES string of the molecule is CCCCCC(C)(C)c1cc([SiH](O[SiH](c2cc(C(C)(C)CCCCC)cc(C(C)(C)CCCCC)c2C(C)(C)CCCCC)c2cc(C(C)(C)CCCCC)cc(C(C)(C)CCCCC)c2C(C)(C)CCCCC)c2cc(C(C)(C)CCCCC)cc(C(C)(C)CCCCC)c2C(C)(C)CCCCC)c(C(C)(C)CCCCC)c(C(C)(C)CCCCC)c1. The van der Waals surface area contributed by atoms with Crippen molar-refractivity contribution in [3.05, 3.63) is 115 Å². The summed E-state index contributed by atoms with van der Waals surface area (Å²) in [6, 6.07) is 23.8. The van der Waals surface area contributed by atoms with Crippen LogP contribution in [0.3, 0.4) is 0 Å². The first-order valence-electron chi connectivity index (χ1n) is 54.0. The van der Waals surface area contributed by atoms with Gasteiger partial charge in [-0.2, -0.15) is 0 Å². The normalized spacial score (nSPS) is 13.6. The Bertz CT molecular complexity index is 3180. The largest absolute Gasteiger partial charge is 0.446 e. The second-order valence-electron chi connectivity index (χ2n) is 48.9. The molecule has 0 saturated heterocycles. The van der Waals surface area contributed by atoms with Crippen molar-refractivity contribution in [1.82, 2.24) is 0 Å². The van der Waals surface area contributed by atoms with Crippen molar-refractivity contribution in [2.75, 3.05) is 0 Å². The molecule has 0 bridgehead atoms. The topological polar surface area (TPSA) is 9.23 Å². The molecule has 1 nitrogen and oxygen atoms in total. The Balaban J connectivity index is 3.15. The Kier molecular flexibility index (Phi) is 47.0. The minimum absolute atomic E-state index is 0.0894. The first kappa shape index (κ1) is 113. The van der Waals surface area contributed by atoms with Crippen molar-refractivity contribution in [2.24, 2.45) is 0 Å². The Labute approximate surface area is 775 Å². The third-order valence-electron chi connectivity index (χ3n) is 31.7. The lowest BCUT2D eigenvalue weighted by atomic mass is 9.67. The van der Waals surface area contributed by atoms with Crippen LogP contribution < -0.4 is 20.7 Å². The van der Waals surface area contributed by atoms with Crippen LogP contribution in [0.2, 0.25) is 0 Å². The standard InChI is InChI=1S/C120H214OSi2/c1-37-49-61-73-109(13,14)93-85-97(113(21,22)77-65-53-41-5)105(117(29,30)81-69-57-45-9)101(89-93)122(102-90-94(110(15,16)74-62-50-38-2)86-98(114(23,24)78-66-54-42-6)106(102)118(31,32)82-70-58-46-10)121-123(103-91-95(111(17,18)75-63-51-39-3)87-99(115(25,26)79-67-55-43-7)107(103)119(33,34)83-71-59-47-11)104-92-96(112(19,20)76-64-52-40-4)88-100(116(27,28)80-68-56-44-8)108(104)120(35,36)84-72-60-48-12/h85-92,122-123H,37-84H2,1-36H3. The summed E-state index contributed by atoms with van der Waals surface area (Å²) >= 11 is 0. The zero-order chi connectivity index (χ0) is 92.7. The highest BCUT2D eigenvalue weighted by Gasteiger charge is 2.48. The molecule has 0 atom stereocenters. The number of hydrogen-bond acceptors (Lipinski definition) is 1. The van der Waals surface area contributed by atoms with Gasteiger partial charge in [0.2, 0.25) is 18.1 Å². The first-order chi connectivity index (χ1) is 57.5. The molecule has 0 radical (unpaired) electrons. The van der Waals surface area contributed by atoms with Gasteiger partial charge >= 0.3 is 0 Å². The summed E-state index contributed by atoms with van der Waals surface area (Å²) in [6.07, 6.45) is 58.7. The number of unbranched alkanes of at least 4 members (excludes halogenated alkanes) is 24. The minimum Gasteiger partial charge on any atom is -0.446 e. The van der Waals surface area contributed by atoms with E-state index < -0.39 is 18.1 Å². The summed E-state index contributed by atoms with van der Waals surface area (Å²) < 4.78 is 10.6. The molecule has 0 fully saturated rings. The highest BCUT2D eigenvalue weighted by Crippen LogP contribution is 2.50. The molecule has 123 heavy (non-hydrogen) atoms. The minimum atomic E-state index is -3.21. The van der Waals surface area contributed by atoms with Crippen LogP contribution in [-0.2, 0) is 69.1 Å². The van der Waals surface area contributed by atoms with Gasteiger partial charge in [0.15, 0.2) is 0 Å². The van der Waals surface area contributed by atoms with Gasteiger partial charge in [-0.1, -0.05) is 529 Å². The van der Waals surface area contributed by atoms with Gasteiger partial charge in [0.25, 0.3) is 0 Å². The molecule has 0 unspecified atom stereocenters. The van der Waals surface area contributed by atoms with Crippen LogP contribution in [0.4, 0.5) is 0 Å². The lowest BCUT2D eigenvalue weighted by Gasteiger charge is -2.45. The average Bonchev–Trinajstić information content (AvgIpc) is 0.714. The molecular formula is C120H214OSi2. The summed E-state index contributed by atoms with van der Waals surface area (Å²) in [6.45, 7) is 95.1. The molecule has 0 aliphatic heterocycles. The van der Waals surface area contributed by atoms with Crippen molar-refractivity contribution >= 4 is 38.8 Å². The highest BCUT2D eigenvalue weighted by atomic mass is 28.4. The molecule has 3 heteroatoms. The molecule has 4 aromatic carbocycles. The van der Waals surface area contributed by atoms with Gasteiger partial charge < -0.3 is 4.12 Å². The molecule has 0 saturated carbocycles. The molecule has 4 aromatic rings. The van der Waals surface area contributed by atoms with Crippen molar-refractivity contribution in [3.8, 4) is 0 Å². The fourth-order valence-electron chi connectivity index (χ4n) is 22.4. The number of rotatable bonds is 66. The number of benzene rings is 4. The quantitative estimate of drug-likeness (QED) is 0.0316. The zero-order valence-electron chi connectivity index (χ0n) is 90.1. The van der Waals surface area contributed by atoms with E-state index in [0.717, 1.165) is 25.7 Å². The third-order valence-corrected chi connectivity index (χ3v) is 37.9. The van der Waals surface area contributed by atoms with Crippen LogP contribution in [0.15, 0.2) is 48.5 Å². The van der Waals surface area contributed by atoms with Crippen molar-refractivity contribution in [3.63, 3.8) is 0 Å². The van der Waals surface area contributed by atoms with E-state index in [1.165, 1.54) is 283 Å². The maximum atomic E-state index is 10.6. The van der Waals surface area contributed by atoms with Crippen molar-refractivity contribution < 1.29 is 4.12 Å². The first-order valence-corrected chi connectivity index (χ1v) is 57.2. The number of hydrogen-bond donors (Lipinski definition) is 0. The van der Waals surface area contributed by atoms with Gasteiger partial charge in [-0.3, -0.25) is 0 Å². The molecule has 0 heterocycles. The average molecular weight is 1730 g/mol.